The molecule has 1 aromatic carbocycles. The van der Waals surface area contributed by atoms with Crippen molar-refractivity contribution in [1.82, 2.24) is 10.1 Å². The largest absolute Gasteiger partial charge is 0.497 e. The lowest BCUT2D eigenvalue weighted by Gasteiger charge is -2.01. The van der Waals surface area contributed by atoms with E-state index in [0.717, 1.165) is 42.7 Å². The van der Waals surface area contributed by atoms with Crippen LogP contribution in [0.1, 0.15) is 30.7 Å². The molecular weight excluding hydrogens is 334 g/mol. The van der Waals surface area contributed by atoms with Crippen molar-refractivity contribution < 1.29 is 15.0 Å². The number of nitrogens with zero attached hydrogens (tertiary/aromatic N) is 2. The van der Waals surface area contributed by atoms with E-state index in [1.165, 1.54) is 5.56 Å². The van der Waals surface area contributed by atoms with Crippen LogP contribution in [0.2, 0.25) is 0 Å². The molecular formula is C19H22N3O2S+. The Hall–Kier alpha value is -2.44. The number of methoxy groups -OCH3 is 1. The van der Waals surface area contributed by atoms with Crippen LogP contribution >= 0.6 is 11.3 Å². The fourth-order valence-electron chi connectivity index (χ4n) is 2.50. The number of allylic oxidation sites excluding steroid dienone is 1. The highest BCUT2D eigenvalue weighted by molar-refractivity contribution is 7.08. The lowest BCUT2D eigenvalue weighted by atomic mass is 10.1. The maximum absolute atomic E-state index is 5.54. The van der Waals surface area contributed by atoms with Crippen molar-refractivity contribution in [2.24, 2.45) is 0 Å². The van der Waals surface area contributed by atoms with Crippen LogP contribution < -0.4 is 10.5 Å². The number of quaternary nitrogens is 1. The maximum Gasteiger partial charge on any atom is 0.254 e. The van der Waals surface area contributed by atoms with E-state index < -0.39 is 0 Å². The number of thiophene rings is 1. The van der Waals surface area contributed by atoms with E-state index in [1.807, 2.05) is 24.3 Å². The molecule has 0 aliphatic rings. The van der Waals surface area contributed by atoms with Crippen molar-refractivity contribution in [3.63, 3.8) is 0 Å². The van der Waals surface area contributed by atoms with Gasteiger partial charge in [-0.2, -0.15) is 16.3 Å². The minimum atomic E-state index is 0.584. The molecule has 2 heterocycles. The first kappa shape index (κ1) is 17.4. The summed E-state index contributed by atoms with van der Waals surface area (Å²) < 4.78 is 10.7. The average molecular weight is 356 g/mol. The zero-order valence-corrected chi connectivity index (χ0v) is 15.1. The van der Waals surface area contributed by atoms with Crippen molar-refractivity contribution in [2.75, 3.05) is 13.7 Å². The first-order chi connectivity index (χ1) is 12.3. The molecule has 0 radical (unpaired) electrons. The highest BCUT2D eigenvalue weighted by Crippen LogP contribution is 2.26. The lowest BCUT2D eigenvalue weighted by molar-refractivity contribution is -0.368. The summed E-state index contributed by atoms with van der Waals surface area (Å²) in [6.45, 7) is 0.937. The van der Waals surface area contributed by atoms with Crippen LogP contribution in [0.15, 0.2) is 45.6 Å². The van der Waals surface area contributed by atoms with Crippen LogP contribution in [0.5, 0.6) is 5.75 Å². The van der Waals surface area contributed by atoms with E-state index in [9.17, 15) is 0 Å². The SMILES string of the molecule is COc1ccc(-c2noc(/C(=C/c3ccsc3)CCCC[NH3+])n2)cc1. The Labute approximate surface area is 151 Å². The van der Waals surface area contributed by atoms with Gasteiger partial charge in [-0.3, -0.25) is 0 Å². The molecule has 3 aromatic rings. The molecule has 130 valence electrons. The highest BCUT2D eigenvalue weighted by atomic mass is 32.1. The van der Waals surface area contributed by atoms with Crippen LogP contribution in [-0.4, -0.2) is 23.8 Å². The predicted molar refractivity (Wildman–Crippen MR) is 100 cm³/mol. The van der Waals surface area contributed by atoms with Gasteiger partial charge in [0.15, 0.2) is 0 Å². The monoisotopic (exact) mass is 356 g/mol. The van der Waals surface area contributed by atoms with E-state index in [0.29, 0.717) is 11.7 Å². The third kappa shape index (κ3) is 4.55. The topological polar surface area (TPSA) is 75.8 Å². The molecule has 0 spiro atoms. The third-order valence-electron chi connectivity index (χ3n) is 3.88. The minimum absolute atomic E-state index is 0.584. The molecule has 3 rings (SSSR count). The van der Waals surface area contributed by atoms with Crippen molar-refractivity contribution in [2.45, 2.75) is 19.3 Å². The maximum atomic E-state index is 5.54. The number of aromatic nitrogens is 2. The summed E-state index contributed by atoms with van der Waals surface area (Å²) in [6, 6.07) is 9.73. The average Bonchev–Trinajstić information content (AvgIpc) is 3.33. The normalized spacial score (nSPS) is 11.7. The van der Waals surface area contributed by atoms with Crippen LogP contribution in [0.3, 0.4) is 0 Å². The molecule has 0 amide bonds. The zero-order valence-electron chi connectivity index (χ0n) is 14.3. The van der Waals surface area contributed by atoms with E-state index in [-0.39, 0.29) is 0 Å². The second-order valence-corrected chi connectivity index (χ2v) is 6.47. The minimum Gasteiger partial charge on any atom is -0.497 e. The van der Waals surface area contributed by atoms with Crippen LogP contribution in [0, 0.1) is 0 Å². The van der Waals surface area contributed by atoms with Gasteiger partial charge in [0.25, 0.3) is 5.89 Å². The second-order valence-electron chi connectivity index (χ2n) is 5.69. The summed E-state index contributed by atoms with van der Waals surface area (Å²) in [4.78, 5) is 4.60. The molecule has 3 N–H and O–H groups in total. The number of benzene rings is 1. The Morgan fingerprint density at radius 3 is 2.76 bits per heavy atom. The molecule has 0 atom stereocenters. The molecule has 0 bridgehead atoms. The molecule has 5 nitrogen and oxygen atoms in total. The first-order valence-corrected chi connectivity index (χ1v) is 9.25. The summed E-state index contributed by atoms with van der Waals surface area (Å²) in [5, 5.41) is 8.32. The molecule has 0 aliphatic carbocycles. The standard InChI is InChI=1S/C19H21N3O2S/c1-23-17-7-5-15(6-8-17)18-21-19(24-22-18)16(4-2-3-10-20)12-14-9-11-25-13-14/h5-9,11-13H,2-4,10,20H2,1H3/p+1/b16-12+. The van der Waals surface area contributed by atoms with Gasteiger partial charge in [-0.25, -0.2) is 0 Å². The second kappa shape index (κ2) is 8.60. The van der Waals surface area contributed by atoms with Gasteiger partial charge in [-0.05, 0) is 72.0 Å². The van der Waals surface area contributed by atoms with Crippen molar-refractivity contribution in [1.29, 1.82) is 0 Å². The number of unbranched alkanes of at least 4 members (excludes halogenated alkanes) is 1. The Bertz CT molecular complexity index is 808. The lowest BCUT2D eigenvalue weighted by Crippen LogP contribution is -2.50. The van der Waals surface area contributed by atoms with Gasteiger partial charge in [0, 0.05) is 11.1 Å². The molecule has 0 aliphatic heterocycles. The van der Waals surface area contributed by atoms with Gasteiger partial charge in [-0.15, -0.1) is 0 Å². The molecule has 2 aromatic heterocycles. The van der Waals surface area contributed by atoms with E-state index in [1.54, 1.807) is 18.4 Å². The van der Waals surface area contributed by atoms with Crippen LogP contribution in [-0.2, 0) is 0 Å². The number of hydrogen-bond acceptors (Lipinski definition) is 5. The van der Waals surface area contributed by atoms with Gasteiger partial charge in [0.05, 0.1) is 13.7 Å². The molecule has 0 fully saturated rings. The van der Waals surface area contributed by atoms with Gasteiger partial charge >= 0.3 is 0 Å². The summed E-state index contributed by atoms with van der Waals surface area (Å²) in [5.41, 5.74) is 7.05. The Balaban J connectivity index is 1.84. The van der Waals surface area contributed by atoms with Gasteiger partial charge < -0.3 is 15.0 Å². The van der Waals surface area contributed by atoms with Crippen molar-refractivity contribution in [3.8, 4) is 17.1 Å². The number of rotatable bonds is 8. The van der Waals surface area contributed by atoms with E-state index >= 15 is 0 Å². The van der Waals surface area contributed by atoms with Crippen LogP contribution in [0.4, 0.5) is 0 Å². The summed E-state index contributed by atoms with van der Waals surface area (Å²) >= 11 is 1.68. The fourth-order valence-corrected chi connectivity index (χ4v) is 3.12. The van der Waals surface area contributed by atoms with Gasteiger partial charge in [-0.1, -0.05) is 5.16 Å². The Kier molecular flexibility index (Phi) is 5.98. The number of hydrogen-bond donors (Lipinski definition) is 1. The summed E-state index contributed by atoms with van der Waals surface area (Å²) in [5.74, 6) is 1.98. The van der Waals surface area contributed by atoms with Gasteiger partial charge in [0.2, 0.25) is 5.82 Å². The molecule has 0 saturated carbocycles. The summed E-state index contributed by atoms with van der Waals surface area (Å²) in [6.07, 6.45) is 5.17. The highest BCUT2D eigenvalue weighted by Gasteiger charge is 2.13. The molecule has 6 heteroatoms. The van der Waals surface area contributed by atoms with E-state index in [2.05, 4.69) is 38.8 Å². The zero-order chi connectivity index (χ0) is 17.5. The van der Waals surface area contributed by atoms with E-state index in [4.69, 9.17) is 9.26 Å². The fraction of sp³-hybridized carbons (Fsp3) is 0.263. The smallest absolute Gasteiger partial charge is 0.254 e. The quantitative estimate of drug-likeness (QED) is 0.624. The third-order valence-corrected chi connectivity index (χ3v) is 4.58. The van der Waals surface area contributed by atoms with Gasteiger partial charge in [0.1, 0.15) is 5.75 Å². The molecule has 0 unspecified atom stereocenters. The van der Waals surface area contributed by atoms with Crippen molar-refractivity contribution >= 4 is 23.0 Å². The Morgan fingerprint density at radius 1 is 1.24 bits per heavy atom. The Morgan fingerprint density at radius 2 is 2.08 bits per heavy atom. The van der Waals surface area contributed by atoms with Crippen molar-refractivity contribution in [3.05, 3.63) is 52.5 Å². The van der Waals surface area contributed by atoms with Crippen LogP contribution in [0.25, 0.3) is 23.0 Å². The predicted octanol–water partition coefficient (Wildman–Crippen LogP) is 3.76. The molecule has 25 heavy (non-hydrogen) atoms. The summed E-state index contributed by atoms with van der Waals surface area (Å²) in [7, 11) is 1.65. The first-order valence-electron chi connectivity index (χ1n) is 8.30. The number of ether oxygens (including phenoxy) is 1. The molecule has 0 saturated heterocycles.